The van der Waals surface area contributed by atoms with E-state index in [2.05, 4.69) is 5.32 Å². The summed E-state index contributed by atoms with van der Waals surface area (Å²) in [5, 5.41) is 13.2. The number of benzene rings is 2. The number of nitro benzene ring substituents is 1. The van der Waals surface area contributed by atoms with Gasteiger partial charge in [0, 0.05) is 11.8 Å². The molecule has 160 valence electrons. The maximum atomic E-state index is 12.1. The molecule has 0 saturated carbocycles. The molecule has 11 heteroatoms. The van der Waals surface area contributed by atoms with Gasteiger partial charge >= 0.3 is 5.97 Å². The van der Waals surface area contributed by atoms with E-state index in [1.807, 2.05) is 0 Å². The number of hydrogen-bond acceptors (Lipinski definition) is 8. The number of nitrogens with zero attached hydrogens (tertiary/aromatic N) is 1. The minimum atomic E-state index is -0.671. The minimum absolute atomic E-state index is 0.0604. The van der Waals surface area contributed by atoms with Crippen molar-refractivity contribution in [3.63, 3.8) is 0 Å². The summed E-state index contributed by atoms with van der Waals surface area (Å²) in [5.41, 5.74) is 0.328. The predicted molar refractivity (Wildman–Crippen MR) is 107 cm³/mol. The van der Waals surface area contributed by atoms with Crippen molar-refractivity contribution in [3.05, 3.63) is 51.0 Å². The fourth-order valence-electron chi connectivity index (χ4n) is 2.53. The summed E-state index contributed by atoms with van der Waals surface area (Å²) in [5.74, 6) is -0.191. The summed E-state index contributed by atoms with van der Waals surface area (Å²) < 4.78 is 20.6. The van der Waals surface area contributed by atoms with Crippen molar-refractivity contribution in [2.75, 3.05) is 33.3 Å². The number of carbonyl (C=O) groups excluding carboxylic acids is 2. The lowest BCUT2D eigenvalue weighted by atomic mass is 10.1. The third-order valence-corrected chi connectivity index (χ3v) is 4.18. The van der Waals surface area contributed by atoms with E-state index in [4.69, 9.17) is 30.5 Å². The molecule has 0 aliphatic rings. The lowest BCUT2D eigenvalue weighted by Crippen LogP contribution is -2.21. The van der Waals surface area contributed by atoms with E-state index in [0.29, 0.717) is 22.8 Å². The highest BCUT2D eigenvalue weighted by atomic mass is 35.5. The van der Waals surface area contributed by atoms with Crippen LogP contribution in [0.1, 0.15) is 5.56 Å². The molecular formula is C19H19ClN2O8. The Bertz CT molecular complexity index is 939. The summed E-state index contributed by atoms with van der Waals surface area (Å²) in [6.07, 6.45) is -0.142. The zero-order valence-corrected chi connectivity index (χ0v) is 17.1. The van der Waals surface area contributed by atoms with Crippen LogP contribution in [-0.4, -0.2) is 44.7 Å². The molecule has 0 radical (unpaired) electrons. The van der Waals surface area contributed by atoms with Crippen LogP contribution in [0.3, 0.4) is 0 Å². The third kappa shape index (κ3) is 5.74. The second kappa shape index (κ2) is 10.3. The van der Waals surface area contributed by atoms with Crippen LogP contribution in [0.4, 0.5) is 11.4 Å². The van der Waals surface area contributed by atoms with Crippen LogP contribution < -0.4 is 19.5 Å². The summed E-state index contributed by atoms with van der Waals surface area (Å²) in [4.78, 5) is 34.3. The molecule has 30 heavy (non-hydrogen) atoms. The fraction of sp³-hybridized carbons (Fsp3) is 0.263. The average Bonchev–Trinajstić information content (AvgIpc) is 2.72. The number of rotatable bonds is 9. The molecule has 2 rings (SSSR count). The number of hydrogen-bond donors (Lipinski definition) is 1. The Labute approximate surface area is 176 Å². The average molecular weight is 439 g/mol. The zero-order chi connectivity index (χ0) is 22.3. The molecule has 0 fully saturated rings. The van der Waals surface area contributed by atoms with Crippen molar-refractivity contribution in [2.45, 2.75) is 6.42 Å². The van der Waals surface area contributed by atoms with Crippen LogP contribution in [0, 0.1) is 10.1 Å². The first-order chi connectivity index (χ1) is 14.3. The first-order valence-corrected chi connectivity index (χ1v) is 8.85. The van der Waals surface area contributed by atoms with E-state index in [1.54, 1.807) is 12.1 Å². The molecular weight excluding hydrogens is 420 g/mol. The highest BCUT2D eigenvalue weighted by Gasteiger charge is 2.17. The van der Waals surface area contributed by atoms with Gasteiger partial charge < -0.3 is 24.3 Å². The Kier molecular flexibility index (Phi) is 7.82. The van der Waals surface area contributed by atoms with Gasteiger partial charge in [-0.3, -0.25) is 19.7 Å². The number of nitrogens with one attached hydrogen (secondary N) is 1. The number of esters is 1. The van der Waals surface area contributed by atoms with E-state index in [9.17, 15) is 19.7 Å². The molecule has 10 nitrogen and oxygen atoms in total. The van der Waals surface area contributed by atoms with Gasteiger partial charge in [0.05, 0.1) is 32.7 Å². The van der Waals surface area contributed by atoms with Gasteiger partial charge in [0.1, 0.15) is 5.02 Å². The molecule has 1 amide bonds. The summed E-state index contributed by atoms with van der Waals surface area (Å²) in [6, 6.07) is 6.97. The van der Waals surface area contributed by atoms with Gasteiger partial charge in [-0.15, -0.1) is 0 Å². The maximum absolute atomic E-state index is 12.1. The van der Waals surface area contributed by atoms with E-state index in [0.717, 1.165) is 6.07 Å². The molecule has 0 unspecified atom stereocenters. The number of methoxy groups -OCH3 is 3. The molecule has 0 atom stereocenters. The number of nitro groups is 1. The molecule has 2 aromatic rings. The Hall–Kier alpha value is -3.53. The zero-order valence-electron chi connectivity index (χ0n) is 16.4. The van der Waals surface area contributed by atoms with E-state index >= 15 is 0 Å². The second-order valence-corrected chi connectivity index (χ2v) is 6.25. The molecule has 0 heterocycles. The van der Waals surface area contributed by atoms with Gasteiger partial charge in [-0.2, -0.15) is 0 Å². The first-order valence-electron chi connectivity index (χ1n) is 8.47. The standard InChI is InChI=1S/C19H19ClN2O8/c1-27-15-6-11(7-16(28-2)19(15)29-3)8-18(24)30-10-17(23)21-12-4-5-13(20)14(9-12)22(25)26/h4-7,9H,8,10H2,1-3H3,(H,21,23). The lowest BCUT2D eigenvalue weighted by Gasteiger charge is -2.14. The van der Waals surface area contributed by atoms with Crippen molar-refractivity contribution in [1.82, 2.24) is 0 Å². The summed E-state index contributed by atoms with van der Waals surface area (Å²) in [6.45, 7) is -0.570. The van der Waals surface area contributed by atoms with Crippen LogP contribution in [0.15, 0.2) is 30.3 Å². The molecule has 0 bridgehead atoms. The van der Waals surface area contributed by atoms with Crippen LogP contribution in [0.5, 0.6) is 17.2 Å². The maximum Gasteiger partial charge on any atom is 0.310 e. The smallest absolute Gasteiger partial charge is 0.310 e. The topological polar surface area (TPSA) is 126 Å². The summed E-state index contributed by atoms with van der Waals surface area (Å²) in [7, 11) is 4.36. The van der Waals surface area contributed by atoms with E-state index in [1.165, 1.54) is 33.5 Å². The van der Waals surface area contributed by atoms with Crippen molar-refractivity contribution in [1.29, 1.82) is 0 Å². The van der Waals surface area contributed by atoms with Gasteiger partial charge in [-0.25, -0.2) is 0 Å². The van der Waals surface area contributed by atoms with Crippen molar-refractivity contribution in [3.8, 4) is 17.2 Å². The molecule has 0 spiro atoms. The molecule has 0 aliphatic heterocycles. The van der Waals surface area contributed by atoms with Gasteiger partial charge in [-0.1, -0.05) is 11.6 Å². The Morgan fingerprint density at radius 3 is 2.23 bits per heavy atom. The number of anilines is 1. The molecule has 1 N–H and O–H groups in total. The van der Waals surface area contributed by atoms with Crippen LogP contribution in [0.25, 0.3) is 0 Å². The van der Waals surface area contributed by atoms with Gasteiger partial charge in [0.25, 0.3) is 11.6 Å². The Morgan fingerprint density at radius 2 is 1.70 bits per heavy atom. The van der Waals surface area contributed by atoms with Gasteiger partial charge in [0.15, 0.2) is 18.1 Å². The Morgan fingerprint density at radius 1 is 1.07 bits per heavy atom. The molecule has 0 aromatic heterocycles. The summed E-state index contributed by atoms with van der Waals surface area (Å²) >= 11 is 5.72. The van der Waals surface area contributed by atoms with Crippen LogP contribution in [-0.2, 0) is 20.7 Å². The molecule has 0 saturated heterocycles. The van der Waals surface area contributed by atoms with Crippen molar-refractivity contribution in [2.24, 2.45) is 0 Å². The first kappa shape index (κ1) is 22.8. The van der Waals surface area contributed by atoms with E-state index in [-0.39, 0.29) is 22.8 Å². The molecule has 2 aromatic carbocycles. The Balaban J connectivity index is 1.97. The van der Waals surface area contributed by atoms with Gasteiger partial charge in [-0.05, 0) is 29.8 Å². The minimum Gasteiger partial charge on any atom is -0.493 e. The normalized spacial score (nSPS) is 10.1. The lowest BCUT2D eigenvalue weighted by molar-refractivity contribution is -0.384. The SMILES string of the molecule is COc1cc(CC(=O)OCC(=O)Nc2ccc(Cl)c([N+](=O)[O-])c2)cc(OC)c1OC. The number of halogens is 1. The van der Waals surface area contributed by atoms with Gasteiger partial charge in [0.2, 0.25) is 5.75 Å². The highest BCUT2D eigenvalue weighted by Crippen LogP contribution is 2.38. The highest BCUT2D eigenvalue weighted by molar-refractivity contribution is 6.32. The monoisotopic (exact) mass is 438 g/mol. The number of amides is 1. The van der Waals surface area contributed by atoms with Crippen LogP contribution >= 0.6 is 11.6 Å². The third-order valence-electron chi connectivity index (χ3n) is 3.86. The fourth-order valence-corrected chi connectivity index (χ4v) is 2.72. The molecule has 0 aliphatic carbocycles. The van der Waals surface area contributed by atoms with Crippen molar-refractivity contribution < 1.29 is 33.5 Å². The number of carbonyl (C=O) groups is 2. The largest absolute Gasteiger partial charge is 0.493 e. The second-order valence-electron chi connectivity index (χ2n) is 5.84. The predicted octanol–water partition coefficient (Wildman–Crippen LogP) is 3.00. The van der Waals surface area contributed by atoms with Crippen molar-refractivity contribution >= 4 is 34.9 Å². The quantitative estimate of drug-likeness (QED) is 0.359. The van der Waals surface area contributed by atoms with E-state index < -0.39 is 23.4 Å². The van der Waals surface area contributed by atoms with Crippen LogP contribution in [0.2, 0.25) is 5.02 Å². The number of ether oxygens (including phenoxy) is 4.